The molecule has 0 unspecified atom stereocenters. The maximum atomic E-state index is 4.76. The second-order valence-corrected chi connectivity index (χ2v) is 29.8. The molecule has 530 valence electrons. The molecule has 0 atom stereocenters. The summed E-state index contributed by atoms with van der Waals surface area (Å²) >= 11 is 0. The molecule has 4 nitrogen and oxygen atoms in total. The molecule has 2 aliphatic rings. The van der Waals surface area contributed by atoms with Crippen molar-refractivity contribution in [1.29, 1.82) is 0 Å². The van der Waals surface area contributed by atoms with Gasteiger partial charge in [-0.3, -0.25) is 9.97 Å². The Morgan fingerprint density at radius 3 is 0.956 bits per heavy atom. The molecule has 0 amide bonds. The van der Waals surface area contributed by atoms with E-state index in [9.17, 15) is 0 Å². The number of nitrogens with zero attached hydrogens (tertiary/aromatic N) is 4. The summed E-state index contributed by atoms with van der Waals surface area (Å²) in [5, 5.41) is 9.91. The molecule has 0 N–H and O–H groups in total. The van der Waals surface area contributed by atoms with Crippen molar-refractivity contribution >= 4 is 77.2 Å². The molecule has 0 radical (unpaired) electrons. The van der Waals surface area contributed by atoms with Crippen LogP contribution in [0.2, 0.25) is 0 Å². The van der Waals surface area contributed by atoms with Crippen LogP contribution in [-0.4, -0.2) is 9.97 Å². The average Bonchev–Trinajstić information content (AvgIpc) is 1.53. The third kappa shape index (κ3) is 11.0. The highest BCUT2D eigenvalue weighted by Crippen LogP contribution is 2.61. The molecule has 114 heavy (non-hydrogen) atoms. The van der Waals surface area contributed by atoms with E-state index in [0.717, 1.165) is 78.8 Å². The molecule has 0 bridgehead atoms. The van der Waals surface area contributed by atoms with Crippen molar-refractivity contribution in [3.05, 3.63) is 425 Å². The van der Waals surface area contributed by atoms with Crippen molar-refractivity contribution in [2.45, 2.75) is 0 Å². The Hall–Kier alpha value is -15.1. The number of pyridine rings is 2. The minimum absolute atomic E-state index is 0.934. The van der Waals surface area contributed by atoms with Crippen LogP contribution in [0, 0.1) is 0 Å². The first-order valence-corrected chi connectivity index (χ1v) is 39.2. The smallest absolute Gasteiger partial charge is 0.0701 e. The van der Waals surface area contributed by atoms with Gasteiger partial charge in [-0.05, 0) is 274 Å². The van der Waals surface area contributed by atoms with Crippen LogP contribution in [0.5, 0.6) is 0 Å². The molecule has 2 aromatic heterocycles. The van der Waals surface area contributed by atoms with Gasteiger partial charge in [-0.15, -0.1) is 0 Å². The molecular formula is C110H70N4. The molecule has 20 aromatic rings. The number of para-hydroxylation sites is 1. The number of hydrogen-bond acceptors (Lipinski definition) is 4. The second kappa shape index (κ2) is 27.5. The van der Waals surface area contributed by atoms with Crippen molar-refractivity contribution in [1.82, 2.24) is 9.97 Å². The summed E-state index contributed by atoms with van der Waals surface area (Å²) in [5.41, 5.74) is 37.4. The van der Waals surface area contributed by atoms with Gasteiger partial charge in [0.2, 0.25) is 0 Å². The number of fused-ring (bicyclic) bond motifs is 8. The van der Waals surface area contributed by atoms with Gasteiger partial charge in [0.25, 0.3) is 0 Å². The van der Waals surface area contributed by atoms with Gasteiger partial charge >= 0.3 is 0 Å². The van der Waals surface area contributed by atoms with Crippen LogP contribution in [0.1, 0.15) is 0 Å². The van der Waals surface area contributed by atoms with Crippen molar-refractivity contribution in [3.8, 4) is 145 Å². The Labute approximate surface area is 662 Å². The molecule has 22 rings (SSSR count). The zero-order chi connectivity index (χ0) is 75.2. The third-order valence-electron chi connectivity index (χ3n) is 23.4. The van der Waals surface area contributed by atoms with E-state index in [1.165, 1.54) is 143 Å². The van der Waals surface area contributed by atoms with E-state index in [-0.39, 0.29) is 0 Å². The Balaban J connectivity index is 0.669. The van der Waals surface area contributed by atoms with E-state index >= 15 is 0 Å². The number of hydrogen-bond donors (Lipinski definition) is 0. The average molecular weight is 1450 g/mol. The molecular weight excluding hydrogens is 1380 g/mol. The van der Waals surface area contributed by atoms with Gasteiger partial charge in [0.15, 0.2) is 0 Å². The molecule has 0 saturated carbocycles. The van der Waals surface area contributed by atoms with E-state index < -0.39 is 0 Å². The number of benzene rings is 18. The maximum absolute atomic E-state index is 4.76. The monoisotopic (exact) mass is 1450 g/mol. The van der Waals surface area contributed by atoms with Gasteiger partial charge < -0.3 is 9.80 Å². The van der Waals surface area contributed by atoms with Crippen molar-refractivity contribution in [2.24, 2.45) is 0 Å². The largest absolute Gasteiger partial charge is 0.310 e. The Bertz CT molecular complexity index is 7040. The minimum Gasteiger partial charge on any atom is -0.310 e. The van der Waals surface area contributed by atoms with Crippen molar-refractivity contribution in [2.75, 3.05) is 9.80 Å². The molecule has 4 heteroatoms. The number of aromatic nitrogens is 2. The van der Waals surface area contributed by atoms with Crippen molar-refractivity contribution < 1.29 is 0 Å². The molecule has 0 saturated heterocycles. The van der Waals surface area contributed by atoms with Crippen LogP contribution in [0.15, 0.2) is 425 Å². The molecule has 0 aliphatic heterocycles. The van der Waals surface area contributed by atoms with Crippen LogP contribution >= 0.6 is 0 Å². The zero-order valence-electron chi connectivity index (χ0n) is 62.2. The third-order valence-corrected chi connectivity index (χ3v) is 23.4. The number of anilines is 6. The van der Waals surface area contributed by atoms with E-state index in [2.05, 4.69) is 409 Å². The lowest BCUT2D eigenvalue weighted by Gasteiger charge is -2.26. The maximum Gasteiger partial charge on any atom is 0.0701 e. The second-order valence-electron chi connectivity index (χ2n) is 29.8. The predicted molar refractivity (Wildman–Crippen MR) is 479 cm³/mol. The summed E-state index contributed by atoms with van der Waals surface area (Å²) in [6.45, 7) is 0. The summed E-state index contributed by atoms with van der Waals surface area (Å²) in [6.07, 6.45) is 5.61. The lowest BCUT2D eigenvalue weighted by atomic mass is 9.82. The first kappa shape index (κ1) is 65.9. The lowest BCUT2D eigenvalue weighted by molar-refractivity contribution is 1.28. The fraction of sp³-hybridized carbons (Fsp3) is 0. The van der Waals surface area contributed by atoms with Crippen LogP contribution in [0.3, 0.4) is 0 Å². The Kier molecular flexibility index (Phi) is 15.9. The van der Waals surface area contributed by atoms with Gasteiger partial charge in [0, 0.05) is 58.3 Å². The first-order valence-electron chi connectivity index (χ1n) is 39.2. The predicted octanol–water partition coefficient (Wildman–Crippen LogP) is 30.3. The lowest BCUT2D eigenvalue weighted by Crippen LogP contribution is -2.10. The van der Waals surface area contributed by atoms with E-state index in [1.807, 2.05) is 30.7 Å². The van der Waals surface area contributed by atoms with Gasteiger partial charge in [-0.25, -0.2) is 0 Å². The molecule has 18 aromatic carbocycles. The highest BCUT2D eigenvalue weighted by molar-refractivity contribution is 6.31. The summed E-state index contributed by atoms with van der Waals surface area (Å²) in [7, 11) is 0. The van der Waals surface area contributed by atoms with Crippen LogP contribution in [0.4, 0.5) is 34.1 Å². The molecule has 2 aliphatic carbocycles. The van der Waals surface area contributed by atoms with E-state index in [4.69, 9.17) is 4.98 Å². The van der Waals surface area contributed by atoms with Gasteiger partial charge in [0.1, 0.15) is 0 Å². The Morgan fingerprint density at radius 1 is 0.167 bits per heavy atom. The SMILES string of the molecule is c1ccc(-c2c3c(c(-c4ccccc4)c4ccccc24)-c2ccc(-c4cccc(N(c5ccc(-c6ccc7c(-c8ccccc8)c8c(c(-c9ccccc9)c7c6)-c6cccc7c(-c9cccc(N(c%10ccccc%10)c%10ccc(-c%11cccnc%11)cc%10)c9)ccc-8c67)cc5)c5ccc(-c6ccccn6)cc5)c4)c4cccc-3c24)cc1. The van der Waals surface area contributed by atoms with Gasteiger partial charge in [-0.2, -0.15) is 0 Å². The summed E-state index contributed by atoms with van der Waals surface area (Å²) < 4.78 is 0. The van der Waals surface area contributed by atoms with Crippen LogP contribution < -0.4 is 9.80 Å². The zero-order valence-corrected chi connectivity index (χ0v) is 62.2. The first-order chi connectivity index (χ1) is 56.6. The quantitative estimate of drug-likeness (QED) is 0.102. The van der Waals surface area contributed by atoms with Gasteiger partial charge in [-0.1, -0.05) is 309 Å². The number of rotatable bonds is 15. The fourth-order valence-electron chi connectivity index (χ4n) is 18.5. The molecule has 0 fully saturated rings. The summed E-state index contributed by atoms with van der Waals surface area (Å²) in [6, 6.07) is 150. The highest BCUT2D eigenvalue weighted by Gasteiger charge is 2.34. The van der Waals surface area contributed by atoms with Crippen molar-refractivity contribution in [3.63, 3.8) is 0 Å². The highest BCUT2D eigenvalue weighted by atomic mass is 15.1. The van der Waals surface area contributed by atoms with Gasteiger partial charge in [0.05, 0.1) is 5.69 Å². The standard InChI is InChI=1S/C110H70N4/c1-6-25-74(26-7-1)101-92-40-16-17-41-93(92)102(75-27-8-2-9-28-75)109-97-63-61-89(90-42-22-44-95(105(90)97)107(101)109)80-34-21-39-87(68-80)114(85-58-51-73(52-59-85)100-46-18-19-66-112-100)84-54-47-71(48-55-84)78-53-60-94-99(69-78)104(77-31-12-4-13-32-77)108-96-45-23-43-91-88(62-64-98(106(91)96)110(108)103(94)76-29-10-3-11-30-76)79-33-20-38-86(67-79)113(82-36-14-5-15-37-82)83-56-49-72(50-57-83)81-35-24-65-111-70-81/h1-70H. The van der Waals surface area contributed by atoms with E-state index in [0.29, 0.717) is 0 Å². The summed E-state index contributed by atoms with van der Waals surface area (Å²) in [4.78, 5) is 13.9. The minimum atomic E-state index is 0.934. The van der Waals surface area contributed by atoms with E-state index in [1.54, 1.807) is 0 Å². The topological polar surface area (TPSA) is 32.3 Å². The molecule has 0 spiro atoms. The normalized spacial score (nSPS) is 11.7. The Morgan fingerprint density at radius 2 is 0.509 bits per heavy atom. The fourth-order valence-corrected chi connectivity index (χ4v) is 18.5. The van der Waals surface area contributed by atoms with Crippen LogP contribution in [-0.2, 0) is 0 Å². The molecule has 2 heterocycles. The summed E-state index contributed by atoms with van der Waals surface area (Å²) in [5.74, 6) is 0. The van der Waals surface area contributed by atoms with Crippen LogP contribution in [0.25, 0.3) is 188 Å².